The van der Waals surface area contributed by atoms with Gasteiger partial charge in [0.1, 0.15) is 13.2 Å². The summed E-state index contributed by atoms with van der Waals surface area (Å²) in [5.41, 5.74) is 0.328. The summed E-state index contributed by atoms with van der Waals surface area (Å²) in [4.78, 5) is 21.6. The van der Waals surface area contributed by atoms with Crippen LogP contribution in [-0.4, -0.2) is 30.2 Å². The van der Waals surface area contributed by atoms with E-state index in [1.54, 1.807) is 12.1 Å². The van der Waals surface area contributed by atoms with Gasteiger partial charge < -0.3 is 15.2 Å². The first kappa shape index (κ1) is 15.2. The first-order chi connectivity index (χ1) is 8.41. The molecule has 0 aliphatic carbocycles. The number of halogens is 3. The van der Waals surface area contributed by atoms with Gasteiger partial charge >= 0.3 is 5.97 Å². The average molecular weight is 357 g/mol. The molecule has 1 amide bonds. The van der Waals surface area contributed by atoms with E-state index in [0.717, 1.165) is 0 Å². The number of carboxylic acid groups (broad SMARTS) is 1. The van der Waals surface area contributed by atoms with E-state index in [1.807, 2.05) is 0 Å². The minimum absolute atomic E-state index is 0.192. The van der Waals surface area contributed by atoms with Crippen LogP contribution in [0.25, 0.3) is 0 Å². The number of rotatable bonds is 5. The molecule has 98 valence electrons. The highest BCUT2D eigenvalue weighted by atomic mass is 79.9. The van der Waals surface area contributed by atoms with Crippen LogP contribution in [0, 0.1) is 0 Å². The van der Waals surface area contributed by atoms with E-state index in [1.165, 1.54) is 0 Å². The van der Waals surface area contributed by atoms with Gasteiger partial charge in [0.15, 0.2) is 0 Å². The van der Waals surface area contributed by atoms with Crippen LogP contribution in [-0.2, 0) is 14.3 Å². The van der Waals surface area contributed by atoms with Gasteiger partial charge in [-0.1, -0.05) is 23.2 Å². The Labute approximate surface area is 121 Å². The van der Waals surface area contributed by atoms with E-state index in [9.17, 15) is 9.59 Å². The third-order valence-corrected chi connectivity index (χ3v) is 3.54. The molecule has 5 nitrogen and oxygen atoms in total. The number of anilines is 1. The second-order valence-corrected chi connectivity index (χ2v) is 4.77. The van der Waals surface area contributed by atoms with Gasteiger partial charge in [0.2, 0.25) is 5.91 Å². The van der Waals surface area contributed by atoms with Crippen LogP contribution < -0.4 is 5.32 Å². The molecular formula is C10H8BrCl2NO4. The van der Waals surface area contributed by atoms with Gasteiger partial charge in [-0.3, -0.25) is 4.79 Å². The van der Waals surface area contributed by atoms with Crippen LogP contribution >= 0.6 is 39.1 Å². The Morgan fingerprint density at radius 3 is 2.56 bits per heavy atom. The van der Waals surface area contributed by atoms with Crippen LogP contribution in [0.5, 0.6) is 0 Å². The van der Waals surface area contributed by atoms with Crippen molar-refractivity contribution in [2.24, 2.45) is 0 Å². The minimum atomic E-state index is -1.15. The molecule has 0 bridgehead atoms. The summed E-state index contributed by atoms with van der Waals surface area (Å²) >= 11 is 15.0. The number of amides is 1. The predicted octanol–water partition coefficient (Wildman–Crippen LogP) is 2.80. The zero-order valence-electron chi connectivity index (χ0n) is 8.87. The van der Waals surface area contributed by atoms with Gasteiger partial charge in [-0.15, -0.1) is 0 Å². The molecule has 18 heavy (non-hydrogen) atoms. The molecule has 0 heterocycles. The zero-order valence-corrected chi connectivity index (χ0v) is 12.0. The number of nitrogens with one attached hydrogen (secondary N) is 1. The first-order valence-corrected chi connectivity index (χ1v) is 6.19. The lowest BCUT2D eigenvalue weighted by Crippen LogP contribution is -2.20. The number of aliphatic carboxylic acids is 1. The second-order valence-electron chi connectivity index (χ2n) is 3.16. The van der Waals surface area contributed by atoms with Crippen LogP contribution in [0.4, 0.5) is 5.69 Å². The lowest BCUT2D eigenvalue weighted by Gasteiger charge is -2.09. The Morgan fingerprint density at radius 1 is 1.28 bits per heavy atom. The Kier molecular flexibility index (Phi) is 5.87. The molecule has 0 unspecified atom stereocenters. The van der Waals surface area contributed by atoms with Gasteiger partial charge in [0.05, 0.1) is 15.7 Å². The van der Waals surface area contributed by atoms with E-state index in [4.69, 9.17) is 28.3 Å². The molecule has 0 atom stereocenters. The van der Waals surface area contributed by atoms with Crippen molar-refractivity contribution in [3.05, 3.63) is 26.7 Å². The van der Waals surface area contributed by atoms with Crippen molar-refractivity contribution in [3.63, 3.8) is 0 Å². The highest BCUT2D eigenvalue weighted by Gasteiger charge is 2.11. The summed E-state index contributed by atoms with van der Waals surface area (Å²) in [5.74, 6) is -1.66. The lowest BCUT2D eigenvalue weighted by molar-refractivity contribution is -0.143. The number of carboxylic acids is 1. The summed E-state index contributed by atoms with van der Waals surface area (Å²) in [7, 11) is 0. The lowest BCUT2D eigenvalue weighted by atomic mass is 10.3. The Bertz CT molecular complexity index is 481. The number of hydrogen-bond donors (Lipinski definition) is 2. The molecule has 0 fully saturated rings. The van der Waals surface area contributed by atoms with Crippen molar-refractivity contribution in [2.45, 2.75) is 0 Å². The van der Waals surface area contributed by atoms with Crippen LogP contribution in [0.1, 0.15) is 0 Å². The maximum Gasteiger partial charge on any atom is 0.329 e. The largest absolute Gasteiger partial charge is 0.480 e. The minimum Gasteiger partial charge on any atom is -0.480 e. The highest BCUT2D eigenvalue weighted by molar-refractivity contribution is 9.10. The fourth-order valence-corrected chi connectivity index (χ4v) is 1.86. The number of benzene rings is 1. The van der Waals surface area contributed by atoms with Crippen LogP contribution in [0.2, 0.25) is 10.0 Å². The quantitative estimate of drug-likeness (QED) is 0.795. The topological polar surface area (TPSA) is 75.6 Å². The van der Waals surface area contributed by atoms with Gasteiger partial charge in [-0.25, -0.2) is 4.79 Å². The second kappa shape index (κ2) is 6.94. The molecular weight excluding hydrogens is 349 g/mol. The zero-order chi connectivity index (χ0) is 13.7. The number of hydrogen-bond acceptors (Lipinski definition) is 3. The molecule has 1 aromatic rings. The molecule has 1 aromatic carbocycles. The van der Waals surface area contributed by atoms with Crippen molar-refractivity contribution in [2.75, 3.05) is 18.5 Å². The summed E-state index contributed by atoms with van der Waals surface area (Å²) in [6.07, 6.45) is 0. The Morgan fingerprint density at radius 2 is 1.94 bits per heavy atom. The maximum absolute atomic E-state index is 11.4. The third-order valence-electron chi connectivity index (χ3n) is 1.77. The van der Waals surface area contributed by atoms with Crippen molar-refractivity contribution >= 4 is 56.7 Å². The van der Waals surface area contributed by atoms with Crippen molar-refractivity contribution in [1.82, 2.24) is 0 Å². The molecule has 0 radical (unpaired) electrons. The maximum atomic E-state index is 11.4. The van der Waals surface area contributed by atoms with Gasteiger partial charge in [0.25, 0.3) is 0 Å². The van der Waals surface area contributed by atoms with Crippen molar-refractivity contribution in [1.29, 1.82) is 0 Å². The number of carbonyl (C=O) groups excluding carboxylic acids is 1. The smallest absolute Gasteiger partial charge is 0.329 e. The average Bonchev–Trinajstić information content (AvgIpc) is 2.29. The van der Waals surface area contributed by atoms with Crippen LogP contribution in [0.3, 0.4) is 0 Å². The summed E-state index contributed by atoms with van der Waals surface area (Å²) in [6.45, 7) is -0.918. The Hall–Kier alpha value is -0.820. The monoisotopic (exact) mass is 355 g/mol. The van der Waals surface area contributed by atoms with Gasteiger partial charge in [-0.2, -0.15) is 0 Å². The molecule has 8 heteroatoms. The third kappa shape index (κ3) is 4.45. The van der Waals surface area contributed by atoms with Gasteiger partial charge in [0, 0.05) is 4.47 Å². The van der Waals surface area contributed by atoms with E-state index >= 15 is 0 Å². The summed E-state index contributed by atoms with van der Waals surface area (Å²) in [5, 5.41) is 11.3. The summed E-state index contributed by atoms with van der Waals surface area (Å²) < 4.78 is 5.23. The molecule has 1 rings (SSSR count). The fraction of sp³-hybridized carbons (Fsp3) is 0.200. The van der Waals surface area contributed by atoms with E-state index < -0.39 is 18.5 Å². The molecule has 0 aliphatic heterocycles. The molecule has 0 aromatic heterocycles. The van der Waals surface area contributed by atoms with E-state index in [0.29, 0.717) is 10.2 Å². The molecule has 0 saturated heterocycles. The Balaban J connectivity index is 2.60. The van der Waals surface area contributed by atoms with Crippen molar-refractivity contribution < 1.29 is 19.4 Å². The van der Waals surface area contributed by atoms with Crippen molar-refractivity contribution in [3.8, 4) is 0 Å². The standard InChI is InChI=1S/C10H8BrCl2NO4/c11-5-1-2-6(10(13)9(5)12)14-7(15)3-18-4-8(16)17/h1-2H,3-4H2,(H,14,15)(H,16,17). The SMILES string of the molecule is O=C(O)COCC(=O)Nc1ccc(Br)c(Cl)c1Cl. The molecule has 2 N–H and O–H groups in total. The van der Waals surface area contributed by atoms with E-state index in [2.05, 4.69) is 26.0 Å². The number of carbonyl (C=O) groups is 2. The fourth-order valence-electron chi connectivity index (χ4n) is 1.04. The molecule has 0 aliphatic rings. The predicted molar refractivity (Wildman–Crippen MR) is 71.2 cm³/mol. The first-order valence-electron chi connectivity index (χ1n) is 4.64. The normalized spacial score (nSPS) is 10.2. The van der Waals surface area contributed by atoms with E-state index in [-0.39, 0.29) is 16.7 Å². The van der Waals surface area contributed by atoms with Gasteiger partial charge in [-0.05, 0) is 28.1 Å². The number of ether oxygens (including phenoxy) is 1. The highest BCUT2D eigenvalue weighted by Crippen LogP contribution is 2.35. The summed E-state index contributed by atoms with van der Waals surface area (Å²) in [6, 6.07) is 3.19. The molecule has 0 saturated carbocycles. The molecule has 0 spiro atoms. The van der Waals surface area contributed by atoms with Crippen LogP contribution in [0.15, 0.2) is 16.6 Å².